The van der Waals surface area contributed by atoms with E-state index in [-0.39, 0.29) is 14.5 Å². The summed E-state index contributed by atoms with van der Waals surface area (Å²) in [6.45, 7) is 0. The third-order valence-corrected chi connectivity index (χ3v) is 16.6. The molecular weight excluding hydrogens is 880 g/mol. The SMILES string of the molecule is c1ccc2c(c1)oc1c(-c3c4ccccc4c(-c4ccc5[se]c6cccc(-c7c8ccccc8c(-c8cccc9c8oc8ccccc89)c8ccccc78)c6c5c4)c4ccccc34)cccc12. The average molecular weight is 916 g/mol. The van der Waals surface area contributed by atoms with E-state index in [4.69, 9.17) is 8.83 Å². The minimum atomic E-state index is 0.154. The molecule has 0 aliphatic heterocycles. The van der Waals surface area contributed by atoms with Crippen LogP contribution in [0.2, 0.25) is 0 Å². The Balaban J connectivity index is 0.992. The van der Waals surface area contributed by atoms with Crippen LogP contribution in [-0.2, 0) is 0 Å². The van der Waals surface area contributed by atoms with Gasteiger partial charge in [0.2, 0.25) is 0 Å². The van der Waals surface area contributed by atoms with Crippen LogP contribution in [0.15, 0.2) is 227 Å². The third kappa shape index (κ3) is 5.27. The van der Waals surface area contributed by atoms with Crippen LogP contribution >= 0.6 is 0 Å². The zero-order valence-corrected chi connectivity index (χ0v) is 37.7. The second-order valence-corrected chi connectivity index (χ2v) is 20.0. The van der Waals surface area contributed by atoms with Gasteiger partial charge < -0.3 is 0 Å². The van der Waals surface area contributed by atoms with Gasteiger partial charge >= 0.3 is 356 Å². The van der Waals surface area contributed by atoms with Crippen LogP contribution in [0.1, 0.15) is 0 Å². The summed E-state index contributed by atoms with van der Waals surface area (Å²) in [5.41, 5.74) is 13.3. The quantitative estimate of drug-likeness (QED) is 0.130. The summed E-state index contributed by atoms with van der Waals surface area (Å²) in [5.74, 6) is 0. The molecule has 0 amide bonds. The molecule has 0 N–H and O–H groups in total. The number of para-hydroxylation sites is 4. The van der Waals surface area contributed by atoms with Gasteiger partial charge in [-0.3, -0.25) is 0 Å². The number of rotatable bonds is 4. The Hall–Kier alpha value is -8.20. The third-order valence-electron chi connectivity index (χ3n) is 14.3. The van der Waals surface area contributed by atoms with Gasteiger partial charge in [0.05, 0.1) is 0 Å². The van der Waals surface area contributed by atoms with Crippen LogP contribution < -0.4 is 0 Å². The second-order valence-electron chi connectivity index (χ2n) is 17.7. The van der Waals surface area contributed by atoms with E-state index in [0.29, 0.717) is 0 Å². The Morgan fingerprint density at radius 1 is 0.254 bits per heavy atom. The fourth-order valence-electron chi connectivity index (χ4n) is 11.5. The number of furan rings is 2. The second kappa shape index (κ2) is 14.1. The topological polar surface area (TPSA) is 26.3 Å². The van der Waals surface area contributed by atoms with E-state index in [2.05, 4.69) is 218 Å². The van der Waals surface area contributed by atoms with Crippen molar-refractivity contribution in [1.29, 1.82) is 0 Å². The van der Waals surface area contributed by atoms with E-state index in [9.17, 15) is 0 Å². The Bertz CT molecular complexity index is 4470. The number of fused-ring (bicyclic) bond motifs is 13. The van der Waals surface area contributed by atoms with Crippen LogP contribution in [-0.4, -0.2) is 14.5 Å². The van der Waals surface area contributed by atoms with Crippen LogP contribution in [0.25, 0.3) is 151 Å². The maximum atomic E-state index is 6.71. The number of hydrogen-bond donors (Lipinski definition) is 0. The predicted molar refractivity (Wildman–Crippen MR) is 285 cm³/mol. The first-order chi connectivity index (χ1) is 33.3. The monoisotopic (exact) mass is 916 g/mol. The summed E-state index contributed by atoms with van der Waals surface area (Å²) in [4.78, 5) is 0. The van der Waals surface area contributed by atoms with Crippen LogP contribution in [0.5, 0.6) is 0 Å². The van der Waals surface area contributed by atoms with E-state index >= 15 is 0 Å². The molecule has 2 nitrogen and oxygen atoms in total. The molecule has 15 aromatic rings. The van der Waals surface area contributed by atoms with Gasteiger partial charge in [-0.2, -0.15) is 0 Å². The molecule has 0 aliphatic carbocycles. The van der Waals surface area contributed by atoms with Gasteiger partial charge in [0.25, 0.3) is 0 Å². The van der Waals surface area contributed by atoms with Gasteiger partial charge in [0.1, 0.15) is 0 Å². The van der Waals surface area contributed by atoms with Crippen LogP contribution in [0.4, 0.5) is 0 Å². The molecule has 0 fully saturated rings. The molecule has 3 heteroatoms. The molecule has 12 aromatic carbocycles. The molecule has 67 heavy (non-hydrogen) atoms. The Morgan fingerprint density at radius 3 is 1.10 bits per heavy atom. The predicted octanol–water partition coefficient (Wildman–Crippen LogP) is 18.1. The molecular formula is C64H36O2Se. The molecule has 0 saturated carbocycles. The molecule has 0 unspecified atom stereocenters. The van der Waals surface area contributed by atoms with E-state index < -0.39 is 0 Å². The zero-order valence-electron chi connectivity index (χ0n) is 36.0. The Morgan fingerprint density at radius 2 is 0.627 bits per heavy atom. The van der Waals surface area contributed by atoms with Crippen molar-refractivity contribution in [2.24, 2.45) is 0 Å². The number of hydrogen-bond acceptors (Lipinski definition) is 2. The van der Waals surface area contributed by atoms with Crippen molar-refractivity contribution in [2.45, 2.75) is 0 Å². The Labute approximate surface area is 390 Å². The summed E-state index contributed by atoms with van der Waals surface area (Å²) in [7, 11) is 0. The van der Waals surface area contributed by atoms with Crippen molar-refractivity contribution in [3.05, 3.63) is 218 Å². The minimum absolute atomic E-state index is 0.154. The molecule has 3 heterocycles. The molecule has 310 valence electrons. The van der Waals surface area contributed by atoms with Gasteiger partial charge in [-0.05, 0) is 6.07 Å². The first kappa shape index (κ1) is 37.1. The molecule has 0 aliphatic rings. The normalized spacial score (nSPS) is 12.2. The first-order valence-corrected chi connectivity index (χ1v) is 24.6. The summed E-state index contributed by atoms with van der Waals surface area (Å²) in [6.07, 6.45) is 0. The molecule has 0 spiro atoms. The van der Waals surface area contributed by atoms with Gasteiger partial charge in [-0.25, -0.2) is 0 Å². The van der Waals surface area contributed by atoms with Crippen LogP contribution in [0.3, 0.4) is 0 Å². The average Bonchev–Trinajstić information content (AvgIpc) is 4.09. The van der Waals surface area contributed by atoms with Gasteiger partial charge in [-0.1, -0.05) is 30.3 Å². The van der Waals surface area contributed by atoms with Crippen molar-refractivity contribution >= 4 is 121 Å². The Kier molecular flexibility index (Phi) is 7.83. The van der Waals surface area contributed by atoms with E-state index in [1.807, 2.05) is 0 Å². The standard InChI is InChI=1S/C64H36O2Se/c1-3-20-42-40(18-1)58(41-19-2-4-21-43(41)60(42)51-29-13-26-48-38-16-9-11-31-54(38)65-63(48)51)37-34-35-56-53(36-37)62-50(28-15-33-57(62)67-56)59-44-22-5-7-24-46(44)61(47-25-8-6-23-45(47)59)52-30-14-27-49-39-17-10-12-32-55(39)66-64(49)52/h1-36H. The fraction of sp³-hybridized carbons (Fsp3) is 0. The van der Waals surface area contributed by atoms with Crippen molar-refractivity contribution in [3.8, 4) is 44.5 Å². The molecule has 3 aromatic heterocycles. The molecule has 0 bridgehead atoms. The van der Waals surface area contributed by atoms with E-state index in [1.165, 1.54) is 95.8 Å². The van der Waals surface area contributed by atoms with Gasteiger partial charge in [0.15, 0.2) is 0 Å². The van der Waals surface area contributed by atoms with Crippen LogP contribution in [0, 0.1) is 0 Å². The molecule has 15 rings (SSSR count). The van der Waals surface area contributed by atoms with Crippen molar-refractivity contribution in [1.82, 2.24) is 0 Å². The fourth-order valence-corrected chi connectivity index (χ4v) is 13.9. The van der Waals surface area contributed by atoms with E-state index in [1.54, 1.807) is 0 Å². The maximum absolute atomic E-state index is 6.71. The van der Waals surface area contributed by atoms with E-state index in [0.717, 1.165) is 55.0 Å². The summed E-state index contributed by atoms with van der Waals surface area (Å²) >= 11 is 0.154. The van der Waals surface area contributed by atoms with Crippen molar-refractivity contribution in [3.63, 3.8) is 0 Å². The summed E-state index contributed by atoms with van der Waals surface area (Å²) in [6, 6.07) is 80.1. The first-order valence-electron chi connectivity index (χ1n) is 22.9. The number of benzene rings is 12. The molecule has 0 saturated heterocycles. The summed E-state index contributed by atoms with van der Waals surface area (Å²) < 4.78 is 16.2. The van der Waals surface area contributed by atoms with Gasteiger partial charge in [-0.15, -0.1) is 0 Å². The van der Waals surface area contributed by atoms with Crippen molar-refractivity contribution < 1.29 is 8.83 Å². The zero-order chi connectivity index (χ0) is 43.7. The van der Waals surface area contributed by atoms with Gasteiger partial charge in [0, 0.05) is 0 Å². The van der Waals surface area contributed by atoms with Crippen molar-refractivity contribution in [2.75, 3.05) is 0 Å². The molecule has 0 atom stereocenters. The summed E-state index contributed by atoms with van der Waals surface area (Å²) in [5, 5.41) is 17.0. The molecule has 0 radical (unpaired) electrons.